The molecule has 14 heavy (non-hydrogen) atoms. The first-order valence-electron chi connectivity index (χ1n) is 5.00. The van der Waals surface area contributed by atoms with Crippen molar-refractivity contribution in [3.8, 4) is 0 Å². The average molecular weight is 200 g/mol. The molecule has 1 fully saturated rings. The quantitative estimate of drug-likeness (QED) is 0.502. The normalized spacial score (nSPS) is 27.9. The van der Waals surface area contributed by atoms with Gasteiger partial charge in [-0.15, -0.1) is 0 Å². The summed E-state index contributed by atoms with van der Waals surface area (Å²) in [7, 11) is 0. The SMILES string of the molecule is CCCN1CCC(C)C([N+](=O)[O-])C1=O. The number of nitrogens with zero attached hydrogens (tertiary/aromatic N) is 2. The number of carbonyl (C=O) groups excluding carboxylic acids is 1. The molecule has 0 aromatic rings. The van der Waals surface area contributed by atoms with Crippen molar-refractivity contribution in [1.29, 1.82) is 0 Å². The van der Waals surface area contributed by atoms with Gasteiger partial charge in [-0.3, -0.25) is 14.9 Å². The lowest BCUT2D eigenvalue weighted by molar-refractivity contribution is -0.519. The molecule has 0 aromatic heterocycles. The first kappa shape index (κ1) is 10.9. The summed E-state index contributed by atoms with van der Waals surface area (Å²) in [5.74, 6) is -0.443. The second-order valence-electron chi connectivity index (χ2n) is 3.82. The molecule has 1 heterocycles. The van der Waals surface area contributed by atoms with E-state index in [0.29, 0.717) is 13.1 Å². The Bertz CT molecular complexity index is 242. The van der Waals surface area contributed by atoms with Crippen molar-refractivity contribution >= 4 is 5.91 Å². The Labute approximate surface area is 83.2 Å². The maximum Gasteiger partial charge on any atom is 0.297 e. The molecular formula is C9H16N2O3. The molecule has 0 radical (unpaired) electrons. The zero-order chi connectivity index (χ0) is 10.7. The molecule has 1 aliphatic rings. The average Bonchev–Trinajstić information content (AvgIpc) is 2.10. The van der Waals surface area contributed by atoms with Crippen LogP contribution in [0.2, 0.25) is 0 Å². The van der Waals surface area contributed by atoms with Crippen molar-refractivity contribution in [2.45, 2.75) is 32.7 Å². The van der Waals surface area contributed by atoms with E-state index in [-0.39, 0.29) is 11.8 Å². The Hall–Kier alpha value is -1.13. The largest absolute Gasteiger partial charge is 0.337 e. The molecule has 1 amide bonds. The number of hydrogen-bond acceptors (Lipinski definition) is 3. The Morgan fingerprint density at radius 2 is 2.29 bits per heavy atom. The van der Waals surface area contributed by atoms with Crippen molar-refractivity contribution in [2.24, 2.45) is 5.92 Å². The van der Waals surface area contributed by atoms with Gasteiger partial charge in [0.1, 0.15) is 0 Å². The predicted octanol–water partition coefficient (Wildman–Crippen LogP) is 0.910. The van der Waals surface area contributed by atoms with Gasteiger partial charge in [0.25, 0.3) is 11.9 Å². The van der Waals surface area contributed by atoms with Crippen LogP contribution in [0.25, 0.3) is 0 Å². The highest BCUT2D eigenvalue weighted by Crippen LogP contribution is 2.20. The van der Waals surface area contributed by atoms with Crippen molar-refractivity contribution in [3.63, 3.8) is 0 Å². The van der Waals surface area contributed by atoms with Crippen LogP contribution in [0.5, 0.6) is 0 Å². The second-order valence-corrected chi connectivity index (χ2v) is 3.82. The molecule has 2 atom stereocenters. The van der Waals surface area contributed by atoms with Gasteiger partial charge in [0.2, 0.25) is 0 Å². The smallest absolute Gasteiger partial charge is 0.297 e. The summed E-state index contributed by atoms with van der Waals surface area (Å²) in [6.07, 6.45) is 1.59. The number of carbonyl (C=O) groups is 1. The van der Waals surface area contributed by atoms with E-state index in [0.717, 1.165) is 12.8 Å². The van der Waals surface area contributed by atoms with Gasteiger partial charge < -0.3 is 4.90 Å². The molecule has 5 nitrogen and oxygen atoms in total. The number of rotatable bonds is 3. The van der Waals surface area contributed by atoms with E-state index in [4.69, 9.17) is 0 Å². The van der Waals surface area contributed by atoms with E-state index in [1.165, 1.54) is 0 Å². The van der Waals surface area contributed by atoms with Gasteiger partial charge in [0.05, 0.1) is 0 Å². The third-order valence-corrected chi connectivity index (χ3v) is 2.68. The predicted molar refractivity (Wildman–Crippen MR) is 51.4 cm³/mol. The lowest BCUT2D eigenvalue weighted by Gasteiger charge is -2.31. The Morgan fingerprint density at radius 3 is 2.79 bits per heavy atom. The van der Waals surface area contributed by atoms with E-state index in [1.807, 2.05) is 6.92 Å². The highest BCUT2D eigenvalue weighted by atomic mass is 16.6. The first-order chi connectivity index (χ1) is 6.57. The van der Waals surface area contributed by atoms with E-state index in [1.54, 1.807) is 11.8 Å². The maximum absolute atomic E-state index is 11.7. The fourth-order valence-corrected chi connectivity index (χ4v) is 1.85. The summed E-state index contributed by atoms with van der Waals surface area (Å²) in [6, 6.07) is -1.02. The van der Waals surface area contributed by atoms with Crippen LogP contribution in [0.3, 0.4) is 0 Å². The van der Waals surface area contributed by atoms with Crippen LogP contribution in [0.4, 0.5) is 0 Å². The molecule has 0 aromatic carbocycles. The zero-order valence-corrected chi connectivity index (χ0v) is 8.60. The van der Waals surface area contributed by atoms with Gasteiger partial charge in [-0.1, -0.05) is 13.8 Å². The van der Waals surface area contributed by atoms with E-state index < -0.39 is 11.0 Å². The third kappa shape index (κ3) is 2.02. The van der Waals surface area contributed by atoms with E-state index in [2.05, 4.69) is 0 Å². The number of hydrogen-bond donors (Lipinski definition) is 0. The molecule has 0 saturated carbocycles. The van der Waals surface area contributed by atoms with Gasteiger partial charge in [0, 0.05) is 23.9 Å². The highest BCUT2D eigenvalue weighted by Gasteiger charge is 2.42. The summed E-state index contributed by atoms with van der Waals surface area (Å²) in [6.45, 7) is 5.04. The Balaban J connectivity index is 2.72. The van der Waals surface area contributed by atoms with Gasteiger partial charge >= 0.3 is 0 Å². The topological polar surface area (TPSA) is 63.4 Å². The minimum Gasteiger partial charge on any atom is -0.337 e. The molecule has 2 unspecified atom stereocenters. The monoisotopic (exact) mass is 200 g/mol. The molecule has 1 rings (SSSR count). The third-order valence-electron chi connectivity index (χ3n) is 2.68. The zero-order valence-electron chi connectivity index (χ0n) is 8.60. The van der Waals surface area contributed by atoms with Crippen LogP contribution >= 0.6 is 0 Å². The number of likely N-dealkylation sites (tertiary alicyclic amines) is 1. The molecule has 5 heteroatoms. The van der Waals surface area contributed by atoms with Crippen molar-refractivity contribution in [1.82, 2.24) is 4.90 Å². The van der Waals surface area contributed by atoms with Crippen molar-refractivity contribution < 1.29 is 9.72 Å². The number of piperidine rings is 1. The number of nitro groups is 1. The van der Waals surface area contributed by atoms with Crippen LogP contribution in [0.15, 0.2) is 0 Å². The summed E-state index contributed by atoms with van der Waals surface area (Å²) < 4.78 is 0. The molecule has 0 bridgehead atoms. The lowest BCUT2D eigenvalue weighted by Crippen LogP contribution is -2.51. The van der Waals surface area contributed by atoms with E-state index >= 15 is 0 Å². The highest BCUT2D eigenvalue weighted by molar-refractivity contribution is 5.81. The molecule has 0 spiro atoms. The van der Waals surface area contributed by atoms with Crippen LogP contribution in [0, 0.1) is 16.0 Å². The van der Waals surface area contributed by atoms with Gasteiger partial charge in [-0.2, -0.15) is 0 Å². The molecule has 0 N–H and O–H groups in total. The standard InChI is InChI=1S/C9H16N2O3/c1-3-5-10-6-4-7(2)8(9(10)12)11(13)14/h7-8H,3-6H2,1-2H3. The van der Waals surface area contributed by atoms with E-state index in [9.17, 15) is 14.9 Å². The first-order valence-corrected chi connectivity index (χ1v) is 5.00. The molecule has 1 saturated heterocycles. The van der Waals surface area contributed by atoms with Crippen LogP contribution in [0.1, 0.15) is 26.7 Å². The molecular weight excluding hydrogens is 184 g/mol. The Kier molecular flexibility index (Phi) is 3.43. The minimum absolute atomic E-state index is 0.134. The van der Waals surface area contributed by atoms with Gasteiger partial charge in [0.15, 0.2) is 0 Å². The Morgan fingerprint density at radius 1 is 1.64 bits per heavy atom. The van der Waals surface area contributed by atoms with Gasteiger partial charge in [-0.25, -0.2) is 0 Å². The van der Waals surface area contributed by atoms with Crippen LogP contribution in [-0.4, -0.2) is 34.9 Å². The van der Waals surface area contributed by atoms with Crippen LogP contribution < -0.4 is 0 Å². The van der Waals surface area contributed by atoms with Crippen molar-refractivity contribution in [3.05, 3.63) is 10.1 Å². The lowest BCUT2D eigenvalue weighted by atomic mass is 9.93. The van der Waals surface area contributed by atoms with Gasteiger partial charge in [-0.05, 0) is 12.8 Å². The molecule has 1 aliphatic heterocycles. The fourth-order valence-electron chi connectivity index (χ4n) is 1.85. The summed E-state index contributed by atoms with van der Waals surface area (Å²) in [5.41, 5.74) is 0. The summed E-state index contributed by atoms with van der Waals surface area (Å²) in [5, 5.41) is 10.7. The minimum atomic E-state index is -1.02. The maximum atomic E-state index is 11.7. The van der Waals surface area contributed by atoms with Crippen molar-refractivity contribution in [2.75, 3.05) is 13.1 Å². The fraction of sp³-hybridized carbons (Fsp3) is 0.889. The summed E-state index contributed by atoms with van der Waals surface area (Å²) >= 11 is 0. The van der Waals surface area contributed by atoms with Crippen LogP contribution in [-0.2, 0) is 4.79 Å². The second kappa shape index (κ2) is 4.39. The number of amides is 1. The molecule has 80 valence electrons. The molecule has 0 aliphatic carbocycles. The summed E-state index contributed by atoms with van der Waals surface area (Å²) in [4.78, 5) is 23.5.